The van der Waals surface area contributed by atoms with Gasteiger partial charge in [-0.15, -0.1) is 0 Å². The normalized spacial score (nSPS) is 21.9. The number of nitrogens with zero attached hydrogens (tertiary/aromatic N) is 3. The minimum absolute atomic E-state index is 0.0550. The molecule has 1 saturated heterocycles. The highest BCUT2D eigenvalue weighted by Crippen LogP contribution is 2.18. The fourth-order valence-corrected chi connectivity index (χ4v) is 1.82. The molecule has 0 aromatic carbocycles. The molecule has 90 valence electrons. The number of nitriles is 1. The number of aromatic nitrogens is 1. The Morgan fingerprint density at radius 2 is 2.47 bits per heavy atom. The lowest BCUT2D eigenvalue weighted by atomic mass is 10.2. The molecule has 1 aromatic rings. The molecule has 0 bridgehead atoms. The summed E-state index contributed by atoms with van der Waals surface area (Å²) in [5.41, 5.74) is 7.63. The van der Waals surface area contributed by atoms with Gasteiger partial charge in [-0.05, 0) is 19.1 Å². The van der Waals surface area contributed by atoms with Gasteiger partial charge in [0.15, 0.2) is 6.10 Å². The van der Waals surface area contributed by atoms with Crippen molar-refractivity contribution in [2.75, 3.05) is 24.6 Å². The molecule has 2 atom stereocenters. The molecule has 5 nitrogen and oxygen atoms in total. The van der Waals surface area contributed by atoms with Crippen molar-refractivity contribution in [2.24, 2.45) is 5.73 Å². The maximum absolute atomic E-state index is 8.84. The summed E-state index contributed by atoms with van der Waals surface area (Å²) >= 11 is 0. The lowest BCUT2D eigenvalue weighted by molar-refractivity contribution is 0.0764. The second-order valence-electron chi connectivity index (χ2n) is 4.16. The Morgan fingerprint density at radius 1 is 1.65 bits per heavy atom. The van der Waals surface area contributed by atoms with E-state index < -0.39 is 0 Å². The number of nitrogens with two attached hydrogens (primary N) is 1. The second kappa shape index (κ2) is 5.13. The predicted molar refractivity (Wildman–Crippen MR) is 64.4 cm³/mol. The third-order valence-corrected chi connectivity index (χ3v) is 2.81. The van der Waals surface area contributed by atoms with Crippen LogP contribution in [0.5, 0.6) is 0 Å². The number of anilines is 1. The predicted octanol–water partition coefficient (Wildman–Crippen LogP) is 0.830. The summed E-state index contributed by atoms with van der Waals surface area (Å²) in [6.07, 6.45) is 1.45. The number of pyridine rings is 1. The second-order valence-corrected chi connectivity index (χ2v) is 4.16. The van der Waals surface area contributed by atoms with Gasteiger partial charge >= 0.3 is 0 Å². The van der Waals surface area contributed by atoms with E-state index in [0.717, 1.165) is 17.9 Å². The van der Waals surface area contributed by atoms with Crippen LogP contribution < -0.4 is 10.6 Å². The Hall–Kier alpha value is -1.64. The highest BCUT2D eigenvalue weighted by Gasteiger charge is 2.20. The van der Waals surface area contributed by atoms with Crippen molar-refractivity contribution in [2.45, 2.75) is 19.1 Å². The molecule has 17 heavy (non-hydrogen) atoms. The highest BCUT2D eigenvalue weighted by atomic mass is 16.5. The van der Waals surface area contributed by atoms with Gasteiger partial charge in [-0.25, -0.2) is 0 Å². The number of ether oxygens (including phenoxy) is 1. The van der Waals surface area contributed by atoms with Crippen LogP contribution in [0.3, 0.4) is 0 Å². The Kier molecular flexibility index (Phi) is 3.57. The standard InChI is InChI=1S/C12H16N4O/c1-9(14)12-3-2-10(7-15-12)16-4-5-17-11(6-13)8-16/h2-3,7,9,11H,4-5,8,14H2,1H3/t9-,11?/m1/s1. The molecule has 1 fully saturated rings. The van der Waals surface area contributed by atoms with Crippen molar-refractivity contribution >= 4 is 5.69 Å². The topological polar surface area (TPSA) is 75.2 Å². The van der Waals surface area contributed by atoms with Crippen LogP contribution in [-0.2, 0) is 4.74 Å². The van der Waals surface area contributed by atoms with Gasteiger partial charge in [0, 0.05) is 12.6 Å². The van der Waals surface area contributed by atoms with E-state index in [1.807, 2.05) is 19.1 Å². The molecule has 5 heteroatoms. The van der Waals surface area contributed by atoms with Crippen LogP contribution in [0, 0.1) is 11.3 Å². The van der Waals surface area contributed by atoms with Gasteiger partial charge in [0.25, 0.3) is 0 Å². The van der Waals surface area contributed by atoms with Crippen molar-refractivity contribution in [1.29, 1.82) is 5.26 Å². The first-order valence-electron chi connectivity index (χ1n) is 5.68. The fourth-order valence-electron chi connectivity index (χ4n) is 1.82. The maximum Gasteiger partial charge on any atom is 0.161 e. The van der Waals surface area contributed by atoms with Crippen LogP contribution in [0.25, 0.3) is 0 Å². The average molecular weight is 232 g/mol. The minimum Gasteiger partial charge on any atom is -0.364 e. The Morgan fingerprint density at radius 3 is 3.06 bits per heavy atom. The molecule has 2 heterocycles. The van der Waals surface area contributed by atoms with Gasteiger partial charge in [0.2, 0.25) is 0 Å². The molecule has 0 spiro atoms. The summed E-state index contributed by atoms with van der Waals surface area (Å²) < 4.78 is 5.30. The van der Waals surface area contributed by atoms with Crippen LogP contribution in [0.2, 0.25) is 0 Å². The molecular formula is C12H16N4O. The molecule has 2 rings (SSSR count). The molecule has 1 aliphatic rings. The molecule has 0 radical (unpaired) electrons. The molecule has 2 N–H and O–H groups in total. The maximum atomic E-state index is 8.84. The van der Waals surface area contributed by atoms with E-state index >= 15 is 0 Å². The Balaban J connectivity index is 2.09. The highest BCUT2D eigenvalue weighted by molar-refractivity contribution is 5.45. The Labute approximate surface area is 101 Å². The molecule has 0 aliphatic carbocycles. The molecule has 0 saturated carbocycles. The van der Waals surface area contributed by atoms with Crippen molar-refractivity contribution in [1.82, 2.24) is 4.98 Å². The van der Waals surface area contributed by atoms with E-state index in [1.54, 1.807) is 6.20 Å². The van der Waals surface area contributed by atoms with Gasteiger partial charge in [0.05, 0.1) is 36.8 Å². The fraction of sp³-hybridized carbons (Fsp3) is 0.500. The van der Waals surface area contributed by atoms with E-state index in [0.29, 0.717) is 13.2 Å². The Bertz CT molecular complexity index is 410. The number of hydrogen-bond donors (Lipinski definition) is 1. The zero-order valence-corrected chi connectivity index (χ0v) is 9.84. The summed E-state index contributed by atoms with van der Waals surface area (Å²) in [6, 6.07) is 5.99. The summed E-state index contributed by atoms with van der Waals surface area (Å²) in [5.74, 6) is 0. The SMILES string of the molecule is C[C@@H](N)c1ccc(N2CCOC(C#N)C2)cn1. The third-order valence-electron chi connectivity index (χ3n) is 2.81. The van der Waals surface area contributed by atoms with Crippen molar-refractivity contribution in [3.8, 4) is 6.07 Å². The zero-order chi connectivity index (χ0) is 12.3. The summed E-state index contributed by atoms with van der Waals surface area (Å²) in [4.78, 5) is 6.42. The van der Waals surface area contributed by atoms with E-state index in [1.165, 1.54) is 0 Å². The first-order valence-corrected chi connectivity index (χ1v) is 5.68. The monoisotopic (exact) mass is 232 g/mol. The van der Waals surface area contributed by atoms with Crippen LogP contribution in [-0.4, -0.2) is 30.8 Å². The van der Waals surface area contributed by atoms with Crippen LogP contribution in [0.4, 0.5) is 5.69 Å². The number of hydrogen-bond acceptors (Lipinski definition) is 5. The van der Waals surface area contributed by atoms with E-state index in [-0.39, 0.29) is 12.1 Å². The molecular weight excluding hydrogens is 216 g/mol. The van der Waals surface area contributed by atoms with E-state index in [4.69, 9.17) is 15.7 Å². The van der Waals surface area contributed by atoms with Gasteiger partial charge in [-0.1, -0.05) is 0 Å². The summed E-state index contributed by atoms with van der Waals surface area (Å²) in [6.45, 7) is 3.86. The summed E-state index contributed by atoms with van der Waals surface area (Å²) in [5, 5.41) is 8.84. The number of morpholine rings is 1. The largest absolute Gasteiger partial charge is 0.364 e. The van der Waals surface area contributed by atoms with Crippen LogP contribution in [0.15, 0.2) is 18.3 Å². The number of rotatable bonds is 2. The van der Waals surface area contributed by atoms with E-state index in [9.17, 15) is 0 Å². The van der Waals surface area contributed by atoms with Crippen molar-refractivity contribution < 1.29 is 4.74 Å². The first kappa shape index (κ1) is 11.8. The summed E-state index contributed by atoms with van der Waals surface area (Å²) in [7, 11) is 0. The molecule has 0 amide bonds. The smallest absolute Gasteiger partial charge is 0.161 e. The molecule has 1 aliphatic heterocycles. The van der Waals surface area contributed by atoms with Gasteiger partial charge < -0.3 is 15.4 Å². The minimum atomic E-state index is -0.350. The van der Waals surface area contributed by atoms with E-state index in [2.05, 4.69) is 16.0 Å². The zero-order valence-electron chi connectivity index (χ0n) is 9.84. The average Bonchev–Trinajstić information content (AvgIpc) is 2.39. The molecule has 1 unspecified atom stereocenters. The van der Waals surface area contributed by atoms with Gasteiger partial charge in [-0.2, -0.15) is 5.26 Å². The first-order chi connectivity index (χ1) is 8.20. The van der Waals surface area contributed by atoms with Crippen molar-refractivity contribution in [3.63, 3.8) is 0 Å². The van der Waals surface area contributed by atoms with Crippen LogP contribution in [0.1, 0.15) is 18.7 Å². The quantitative estimate of drug-likeness (QED) is 0.817. The molecule has 1 aromatic heterocycles. The lowest BCUT2D eigenvalue weighted by Crippen LogP contribution is -2.41. The third kappa shape index (κ3) is 2.73. The van der Waals surface area contributed by atoms with Crippen molar-refractivity contribution in [3.05, 3.63) is 24.0 Å². The lowest BCUT2D eigenvalue weighted by Gasteiger charge is -2.31. The van der Waals surface area contributed by atoms with Gasteiger partial charge in [-0.3, -0.25) is 4.98 Å². The van der Waals surface area contributed by atoms with Gasteiger partial charge in [0.1, 0.15) is 0 Å². The van der Waals surface area contributed by atoms with Crippen LogP contribution >= 0.6 is 0 Å².